The highest BCUT2D eigenvalue weighted by atomic mass is 16.4. The zero-order valence-electron chi connectivity index (χ0n) is 26.3. The lowest BCUT2D eigenvalue weighted by molar-refractivity contribution is -0.137. The van der Waals surface area contributed by atoms with Crippen LogP contribution in [-0.4, -0.2) is 22.2 Å². The topological polar surface area (TPSA) is 74.6 Å². The molecule has 0 aliphatic carbocycles. The first-order valence-electron chi connectivity index (χ1n) is 15.9. The predicted molar refractivity (Wildman–Crippen MR) is 177 cm³/mol. The SMILES string of the molecule is CC/C=C\C/C=C\C/C=C\CCCCCCCC(=O)O.CCCCCCCCCCCC#CC#CC#CC#CC(=O)O. The summed E-state index contributed by atoms with van der Waals surface area (Å²) >= 11 is 0. The first-order chi connectivity index (χ1) is 20.5. The third-order valence-electron chi connectivity index (χ3n) is 6.02. The number of unbranched alkanes of at least 4 members (excludes halogenated alkanes) is 14. The molecule has 0 radical (unpaired) electrons. The minimum absolute atomic E-state index is 0.319. The van der Waals surface area contributed by atoms with Crippen LogP contribution in [0.3, 0.4) is 0 Å². The van der Waals surface area contributed by atoms with Crippen LogP contribution < -0.4 is 0 Å². The van der Waals surface area contributed by atoms with Gasteiger partial charge >= 0.3 is 11.9 Å². The van der Waals surface area contributed by atoms with Crippen molar-refractivity contribution in [2.45, 2.75) is 142 Å². The molecule has 0 spiro atoms. The Bertz CT molecular complexity index is 1000. The summed E-state index contributed by atoms with van der Waals surface area (Å²) in [6.07, 6.45) is 36.0. The van der Waals surface area contributed by atoms with E-state index in [9.17, 15) is 9.59 Å². The predicted octanol–water partition coefficient (Wildman–Crippen LogP) is 9.67. The van der Waals surface area contributed by atoms with Gasteiger partial charge in [-0.1, -0.05) is 127 Å². The molecule has 0 fully saturated rings. The maximum absolute atomic E-state index is 10.3. The fraction of sp³-hybridized carbons (Fsp3) is 0.579. The standard InChI is InChI=1S/C20H24O2.C18H30O2/c1-2-3-4-5-6-7-8-9-10-11-12-13-14-15-16-17-18-19-20(21)22;1-2-3-4-5-6-7-8-9-10-11-12-13-14-15-16-17-18(19)20/h2-11H2,1H3,(H,21,22);3-4,6-7,9-10H,2,5,8,11-17H2,1H3,(H,19,20)/b;4-3-,7-6-,10-9-. The molecule has 0 rings (SSSR count). The Kier molecular flexibility index (Phi) is 36.1. The largest absolute Gasteiger partial charge is 0.481 e. The number of carboxylic acids is 2. The molecule has 0 saturated carbocycles. The molecule has 0 aromatic carbocycles. The van der Waals surface area contributed by atoms with Crippen molar-refractivity contribution in [2.24, 2.45) is 0 Å². The minimum Gasteiger partial charge on any atom is -0.481 e. The third-order valence-corrected chi connectivity index (χ3v) is 6.02. The molecule has 42 heavy (non-hydrogen) atoms. The van der Waals surface area contributed by atoms with Gasteiger partial charge in [-0.3, -0.25) is 4.79 Å². The van der Waals surface area contributed by atoms with Gasteiger partial charge in [-0.15, -0.1) is 0 Å². The fourth-order valence-electron chi connectivity index (χ4n) is 3.74. The van der Waals surface area contributed by atoms with Crippen molar-refractivity contribution in [3.63, 3.8) is 0 Å². The van der Waals surface area contributed by atoms with Gasteiger partial charge in [0.1, 0.15) is 0 Å². The Labute approximate surface area is 257 Å². The third kappa shape index (κ3) is 43.5. The smallest absolute Gasteiger partial charge is 0.382 e. The molecular formula is C38H54O4. The van der Waals surface area contributed by atoms with E-state index in [1.807, 2.05) is 5.92 Å². The number of hydrogen-bond acceptors (Lipinski definition) is 2. The van der Waals surface area contributed by atoms with E-state index in [4.69, 9.17) is 10.2 Å². The van der Waals surface area contributed by atoms with Crippen LogP contribution in [0, 0.1) is 47.4 Å². The highest BCUT2D eigenvalue weighted by Gasteiger charge is 1.95. The molecule has 0 atom stereocenters. The summed E-state index contributed by atoms with van der Waals surface area (Å²) in [5, 5.41) is 16.7. The molecule has 0 saturated heterocycles. The molecule has 0 amide bonds. The number of aliphatic carboxylic acids is 2. The summed E-state index contributed by atoms with van der Waals surface area (Å²) < 4.78 is 0. The fourth-order valence-corrected chi connectivity index (χ4v) is 3.74. The molecule has 0 bridgehead atoms. The maximum Gasteiger partial charge on any atom is 0.382 e. The quantitative estimate of drug-likeness (QED) is 0.0767. The second-order valence-corrected chi connectivity index (χ2v) is 9.93. The van der Waals surface area contributed by atoms with E-state index in [1.165, 1.54) is 64.2 Å². The van der Waals surface area contributed by atoms with E-state index >= 15 is 0 Å². The molecule has 0 aromatic heterocycles. The first-order valence-corrected chi connectivity index (χ1v) is 15.9. The number of carboxylic acid groups (broad SMARTS) is 2. The minimum atomic E-state index is -1.19. The average molecular weight is 575 g/mol. The summed E-state index contributed by atoms with van der Waals surface area (Å²) in [4.78, 5) is 20.4. The Balaban J connectivity index is 0. The van der Waals surface area contributed by atoms with Crippen LogP contribution in [0.2, 0.25) is 0 Å². The van der Waals surface area contributed by atoms with Crippen molar-refractivity contribution < 1.29 is 19.8 Å². The van der Waals surface area contributed by atoms with Gasteiger partial charge in [0.05, 0.1) is 0 Å². The second kappa shape index (κ2) is 37.4. The van der Waals surface area contributed by atoms with Gasteiger partial charge in [0.2, 0.25) is 0 Å². The van der Waals surface area contributed by atoms with Crippen molar-refractivity contribution in [2.75, 3.05) is 0 Å². The molecule has 230 valence electrons. The average Bonchev–Trinajstić information content (AvgIpc) is 2.97. The van der Waals surface area contributed by atoms with Gasteiger partial charge in [0.25, 0.3) is 0 Å². The van der Waals surface area contributed by atoms with Crippen LogP contribution >= 0.6 is 0 Å². The Morgan fingerprint density at radius 1 is 0.548 bits per heavy atom. The van der Waals surface area contributed by atoms with Crippen LogP contribution in [0.5, 0.6) is 0 Å². The number of rotatable bonds is 22. The van der Waals surface area contributed by atoms with Gasteiger partial charge in [-0.2, -0.15) is 0 Å². The van der Waals surface area contributed by atoms with E-state index in [1.54, 1.807) is 0 Å². The molecule has 0 aromatic rings. The van der Waals surface area contributed by atoms with Crippen molar-refractivity contribution in [3.8, 4) is 47.4 Å². The molecule has 0 unspecified atom stereocenters. The van der Waals surface area contributed by atoms with Gasteiger partial charge < -0.3 is 10.2 Å². The number of allylic oxidation sites excluding steroid dienone is 6. The van der Waals surface area contributed by atoms with Crippen LogP contribution in [0.15, 0.2) is 36.5 Å². The summed E-state index contributed by atoms with van der Waals surface area (Å²) in [6.45, 7) is 4.39. The van der Waals surface area contributed by atoms with Gasteiger partial charge in [-0.05, 0) is 80.5 Å². The summed E-state index contributed by atoms with van der Waals surface area (Å²) in [5.74, 6) is 17.8. The van der Waals surface area contributed by atoms with Crippen LogP contribution in [0.25, 0.3) is 0 Å². The van der Waals surface area contributed by atoms with E-state index in [0.717, 1.165) is 57.8 Å². The van der Waals surface area contributed by atoms with E-state index < -0.39 is 11.9 Å². The van der Waals surface area contributed by atoms with Crippen molar-refractivity contribution in [3.05, 3.63) is 36.5 Å². The molecule has 4 heteroatoms. The Morgan fingerprint density at radius 2 is 1.05 bits per heavy atom. The van der Waals surface area contributed by atoms with Crippen LogP contribution in [0.4, 0.5) is 0 Å². The second-order valence-electron chi connectivity index (χ2n) is 9.93. The van der Waals surface area contributed by atoms with Crippen LogP contribution in [0.1, 0.15) is 142 Å². The monoisotopic (exact) mass is 574 g/mol. The molecule has 4 nitrogen and oxygen atoms in total. The maximum atomic E-state index is 10.3. The van der Waals surface area contributed by atoms with E-state index in [-0.39, 0.29) is 0 Å². The van der Waals surface area contributed by atoms with Crippen molar-refractivity contribution in [1.82, 2.24) is 0 Å². The number of carbonyl (C=O) groups is 2. The summed E-state index contributed by atoms with van der Waals surface area (Å²) in [7, 11) is 0. The van der Waals surface area contributed by atoms with Crippen molar-refractivity contribution >= 4 is 11.9 Å². The highest BCUT2D eigenvalue weighted by Crippen LogP contribution is 2.10. The summed E-state index contributed by atoms with van der Waals surface area (Å²) in [5.41, 5.74) is 0. The Hall–Kier alpha value is -3.60. The number of hydrogen-bond donors (Lipinski definition) is 2. The zero-order chi connectivity index (χ0) is 31.2. The molecule has 0 heterocycles. The molecule has 0 aliphatic rings. The normalized spacial score (nSPS) is 9.95. The molecular weight excluding hydrogens is 520 g/mol. The van der Waals surface area contributed by atoms with Crippen LogP contribution in [-0.2, 0) is 9.59 Å². The van der Waals surface area contributed by atoms with Gasteiger partial charge in [-0.25, -0.2) is 4.79 Å². The van der Waals surface area contributed by atoms with Crippen molar-refractivity contribution in [1.29, 1.82) is 0 Å². The summed E-state index contributed by atoms with van der Waals surface area (Å²) in [6, 6.07) is 0. The van der Waals surface area contributed by atoms with E-state index in [0.29, 0.717) is 6.42 Å². The Morgan fingerprint density at radius 3 is 1.64 bits per heavy atom. The lowest BCUT2D eigenvalue weighted by atomic mass is 10.1. The highest BCUT2D eigenvalue weighted by molar-refractivity contribution is 5.87. The molecule has 2 N–H and O–H groups in total. The molecule has 0 aliphatic heterocycles. The zero-order valence-corrected chi connectivity index (χ0v) is 26.3. The lowest BCUT2D eigenvalue weighted by Crippen LogP contribution is -1.93. The van der Waals surface area contributed by atoms with Gasteiger partial charge in [0, 0.05) is 18.8 Å². The van der Waals surface area contributed by atoms with Gasteiger partial charge in [0.15, 0.2) is 0 Å². The lowest BCUT2D eigenvalue weighted by Gasteiger charge is -1.99. The van der Waals surface area contributed by atoms with E-state index in [2.05, 4.69) is 91.7 Å². The first kappa shape index (κ1) is 40.5.